The molecule has 0 atom stereocenters. The lowest BCUT2D eigenvalue weighted by Crippen LogP contribution is -2.22. The molecule has 160 valence electrons. The third kappa shape index (κ3) is 4.68. The maximum atomic E-state index is 12.9. The Labute approximate surface area is 188 Å². The van der Waals surface area contributed by atoms with E-state index in [2.05, 4.69) is 10.3 Å². The Balaban J connectivity index is 1.45. The summed E-state index contributed by atoms with van der Waals surface area (Å²) in [5.41, 5.74) is 2.66. The van der Waals surface area contributed by atoms with Crippen LogP contribution in [-0.4, -0.2) is 33.7 Å². The van der Waals surface area contributed by atoms with Crippen LogP contribution in [0.5, 0.6) is 0 Å². The van der Waals surface area contributed by atoms with Gasteiger partial charge in [-0.15, -0.1) is 0 Å². The third-order valence-corrected chi connectivity index (χ3v) is 4.93. The molecule has 2 aromatic heterocycles. The van der Waals surface area contributed by atoms with Crippen molar-refractivity contribution < 1.29 is 19.1 Å². The number of imidazole rings is 1. The highest BCUT2D eigenvalue weighted by Gasteiger charge is 2.18. The number of hydrogen-bond acceptors (Lipinski definition) is 5. The summed E-state index contributed by atoms with van der Waals surface area (Å²) in [6.45, 7) is 1.39. The van der Waals surface area contributed by atoms with E-state index in [1.165, 1.54) is 18.3 Å². The molecule has 0 saturated heterocycles. The van der Waals surface area contributed by atoms with Gasteiger partial charge in [-0.05, 0) is 42.8 Å². The Morgan fingerprint density at radius 3 is 2.62 bits per heavy atom. The largest absolute Gasteiger partial charge is 0.451 e. The van der Waals surface area contributed by atoms with Crippen LogP contribution >= 0.6 is 11.6 Å². The van der Waals surface area contributed by atoms with Gasteiger partial charge >= 0.3 is 5.97 Å². The Morgan fingerprint density at radius 2 is 1.84 bits per heavy atom. The van der Waals surface area contributed by atoms with E-state index in [0.29, 0.717) is 16.2 Å². The number of hydrogen-bond donors (Lipinski definition) is 1. The van der Waals surface area contributed by atoms with Crippen molar-refractivity contribution >= 4 is 40.6 Å². The van der Waals surface area contributed by atoms with Gasteiger partial charge in [0.05, 0.1) is 5.69 Å². The summed E-state index contributed by atoms with van der Waals surface area (Å²) in [5, 5.41) is 2.97. The number of rotatable bonds is 6. The summed E-state index contributed by atoms with van der Waals surface area (Å²) in [4.78, 5) is 41.8. The summed E-state index contributed by atoms with van der Waals surface area (Å²) in [6, 6.07) is 16.9. The highest BCUT2D eigenvalue weighted by Crippen LogP contribution is 2.24. The molecule has 0 unspecified atom stereocenters. The number of pyridine rings is 1. The fraction of sp³-hybridized carbons (Fsp3) is 0.0833. The number of nitrogens with one attached hydrogen (secondary N) is 1. The van der Waals surface area contributed by atoms with Gasteiger partial charge in [-0.1, -0.05) is 41.9 Å². The van der Waals surface area contributed by atoms with Gasteiger partial charge in [-0.2, -0.15) is 0 Å². The number of aryl methyl sites for hydroxylation is 1. The lowest BCUT2D eigenvalue weighted by molar-refractivity contribution is -0.119. The minimum absolute atomic E-state index is 0.0924. The van der Waals surface area contributed by atoms with E-state index in [4.69, 9.17) is 16.3 Å². The molecule has 0 spiro atoms. The summed E-state index contributed by atoms with van der Waals surface area (Å²) >= 11 is 6.06. The standard InChI is InChI=1S/C24H18ClN3O4/c1-15-9-10-28-13-20(26-21(28)11-15)24(31)32-14-22(29)27-19-8-7-17(25)12-18(19)23(30)16-5-3-2-4-6-16/h2-13H,14H2,1H3,(H,27,29). The second-order valence-corrected chi connectivity index (χ2v) is 7.54. The average molecular weight is 448 g/mol. The third-order valence-electron chi connectivity index (χ3n) is 4.70. The minimum atomic E-state index is -0.724. The van der Waals surface area contributed by atoms with Crippen LogP contribution in [0.3, 0.4) is 0 Å². The van der Waals surface area contributed by atoms with Gasteiger partial charge in [-0.25, -0.2) is 9.78 Å². The van der Waals surface area contributed by atoms with Crippen molar-refractivity contribution in [3.63, 3.8) is 0 Å². The molecule has 0 saturated carbocycles. The molecule has 2 aromatic carbocycles. The zero-order chi connectivity index (χ0) is 22.7. The highest BCUT2D eigenvalue weighted by molar-refractivity contribution is 6.31. The Morgan fingerprint density at radius 1 is 1.06 bits per heavy atom. The predicted octanol–water partition coefficient (Wildman–Crippen LogP) is 4.32. The number of carbonyl (C=O) groups excluding carboxylic acids is 3. The Hall–Kier alpha value is -3.97. The van der Waals surface area contributed by atoms with Gasteiger partial charge in [0.15, 0.2) is 18.1 Å². The first-order valence-corrected chi connectivity index (χ1v) is 10.1. The number of ketones is 1. The number of amides is 1. The first kappa shape index (κ1) is 21.3. The first-order valence-electron chi connectivity index (χ1n) is 9.72. The van der Waals surface area contributed by atoms with E-state index in [-0.39, 0.29) is 22.7 Å². The number of benzene rings is 2. The van der Waals surface area contributed by atoms with E-state index in [9.17, 15) is 14.4 Å². The van der Waals surface area contributed by atoms with Crippen LogP contribution < -0.4 is 5.32 Å². The van der Waals surface area contributed by atoms with Crippen LogP contribution in [0.4, 0.5) is 5.69 Å². The molecule has 2 heterocycles. The fourth-order valence-electron chi connectivity index (χ4n) is 3.13. The molecule has 0 aliphatic rings. The highest BCUT2D eigenvalue weighted by atomic mass is 35.5. The molecule has 0 bridgehead atoms. The van der Waals surface area contributed by atoms with Crippen LogP contribution in [0, 0.1) is 6.92 Å². The second-order valence-electron chi connectivity index (χ2n) is 7.11. The molecule has 0 aliphatic carbocycles. The molecule has 32 heavy (non-hydrogen) atoms. The fourth-order valence-corrected chi connectivity index (χ4v) is 3.30. The molecule has 4 aromatic rings. The predicted molar refractivity (Wildman–Crippen MR) is 120 cm³/mol. The van der Waals surface area contributed by atoms with Gasteiger partial charge in [0, 0.05) is 28.5 Å². The number of halogens is 1. The molecular formula is C24H18ClN3O4. The summed E-state index contributed by atoms with van der Waals surface area (Å²) in [6.07, 6.45) is 3.32. The number of esters is 1. The van der Waals surface area contributed by atoms with Gasteiger partial charge in [-0.3, -0.25) is 9.59 Å². The van der Waals surface area contributed by atoms with Crippen LogP contribution in [-0.2, 0) is 9.53 Å². The van der Waals surface area contributed by atoms with Crippen molar-refractivity contribution in [2.75, 3.05) is 11.9 Å². The minimum Gasteiger partial charge on any atom is -0.451 e. The zero-order valence-electron chi connectivity index (χ0n) is 17.0. The van der Waals surface area contributed by atoms with Gasteiger partial charge in [0.1, 0.15) is 5.65 Å². The Kier molecular flexibility index (Phi) is 6.00. The van der Waals surface area contributed by atoms with Crippen molar-refractivity contribution in [1.29, 1.82) is 0 Å². The molecule has 7 nitrogen and oxygen atoms in total. The summed E-state index contributed by atoms with van der Waals surface area (Å²) < 4.78 is 6.79. The smallest absolute Gasteiger partial charge is 0.359 e. The van der Waals surface area contributed by atoms with Gasteiger partial charge < -0.3 is 14.5 Å². The SMILES string of the molecule is Cc1ccn2cc(C(=O)OCC(=O)Nc3ccc(Cl)cc3C(=O)c3ccccc3)nc2c1. The molecule has 0 aliphatic heterocycles. The molecular weight excluding hydrogens is 430 g/mol. The van der Waals surface area contributed by atoms with Crippen LogP contribution in [0.25, 0.3) is 5.65 Å². The van der Waals surface area contributed by atoms with E-state index < -0.39 is 18.5 Å². The summed E-state index contributed by atoms with van der Waals surface area (Å²) in [7, 11) is 0. The van der Waals surface area contributed by atoms with E-state index >= 15 is 0 Å². The van der Waals surface area contributed by atoms with Crippen molar-refractivity contribution in [3.05, 3.63) is 100 Å². The van der Waals surface area contributed by atoms with Gasteiger partial charge in [0.25, 0.3) is 5.91 Å². The monoisotopic (exact) mass is 447 g/mol. The molecule has 8 heteroatoms. The summed E-state index contributed by atoms with van der Waals surface area (Å²) in [5.74, 6) is -1.61. The first-order chi connectivity index (χ1) is 15.4. The lowest BCUT2D eigenvalue weighted by Gasteiger charge is -2.11. The van der Waals surface area contributed by atoms with E-state index in [1.807, 2.05) is 19.1 Å². The number of ether oxygens (including phenoxy) is 1. The molecule has 1 amide bonds. The number of nitrogens with zero attached hydrogens (tertiary/aromatic N) is 2. The Bertz CT molecular complexity index is 1330. The van der Waals surface area contributed by atoms with Gasteiger partial charge in [0.2, 0.25) is 0 Å². The van der Waals surface area contributed by atoms with Crippen LogP contribution in [0.15, 0.2) is 73.1 Å². The maximum Gasteiger partial charge on any atom is 0.359 e. The van der Waals surface area contributed by atoms with Crippen molar-refractivity contribution in [3.8, 4) is 0 Å². The second kappa shape index (κ2) is 9.03. The number of anilines is 1. The molecule has 0 fully saturated rings. The molecule has 1 N–H and O–H groups in total. The maximum absolute atomic E-state index is 12.9. The molecule has 4 rings (SSSR count). The normalized spacial score (nSPS) is 10.7. The lowest BCUT2D eigenvalue weighted by atomic mass is 10.0. The van der Waals surface area contributed by atoms with Crippen molar-refractivity contribution in [1.82, 2.24) is 9.38 Å². The van der Waals surface area contributed by atoms with E-state index in [0.717, 1.165) is 5.56 Å². The van der Waals surface area contributed by atoms with Crippen LogP contribution in [0.2, 0.25) is 5.02 Å². The molecule has 0 radical (unpaired) electrons. The number of aromatic nitrogens is 2. The average Bonchev–Trinajstić information content (AvgIpc) is 3.22. The van der Waals surface area contributed by atoms with Crippen LogP contribution in [0.1, 0.15) is 32.0 Å². The number of carbonyl (C=O) groups is 3. The quantitative estimate of drug-likeness (QED) is 0.351. The van der Waals surface area contributed by atoms with Crippen molar-refractivity contribution in [2.24, 2.45) is 0 Å². The van der Waals surface area contributed by atoms with E-state index in [1.54, 1.807) is 47.0 Å². The zero-order valence-corrected chi connectivity index (χ0v) is 17.8. The topological polar surface area (TPSA) is 89.8 Å². The number of fused-ring (bicyclic) bond motifs is 1. The van der Waals surface area contributed by atoms with Crippen molar-refractivity contribution in [2.45, 2.75) is 6.92 Å².